The minimum absolute atomic E-state index is 0.149. The second kappa shape index (κ2) is 6.11. The van der Waals surface area contributed by atoms with Gasteiger partial charge in [0.05, 0.1) is 0 Å². The van der Waals surface area contributed by atoms with E-state index in [0.29, 0.717) is 13.1 Å². The van der Waals surface area contributed by atoms with Gasteiger partial charge in [-0.3, -0.25) is 9.59 Å². The van der Waals surface area contributed by atoms with Crippen LogP contribution in [0.5, 0.6) is 0 Å². The molecule has 2 saturated heterocycles. The molecule has 4 amide bonds. The minimum atomic E-state index is -1.12. The molecule has 0 radical (unpaired) electrons. The van der Waals surface area contributed by atoms with Gasteiger partial charge < -0.3 is 10.2 Å². The number of hydrogen-bond donors (Lipinski definition) is 1. The number of carbonyl (C=O) groups excluding carboxylic acids is 3. The fourth-order valence-electron chi connectivity index (χ4n) is 4.40. The maximum atomic E-state index is 13.2. The van der Waals surface area contributed by atoms with Crippen molar-refractivity contribution >= 4 is 17.8 Å². The molecule has 0 saturated carbocycles. The van der Waals surface area contributed by atoms with Crippen LogP contribution in [0.2, 0.25) is 0 Å². The van der Waals surface area contributed by atoms with E-state index in [2.05, 4.69) is 11.4 Å². The highest BCUT2D eigenvalue weighted by molar-refractivity contribution is 6.10. The standard InChI is InChI=1S/C20H25N3O3/c1-13(17(24)22-10-3-4-11-22)23-18(25)20(2,21-19(23)26)16-9-8-14-6-5-7-15(14)12-16/h8-9,12-13H,3-7,10-11H2,1-2H3,(H,21,26)/t13-,20+/m0/s1. The number of carbonyl (C=O) groups is 3. The van der Waals surface area contributed by atoms with Gasteiger partial charge >= 0.3 is 6.03 Å². The highest BCUT2D eigenvalue weighted by atomic mass is 16.2. The highest BCUT2D eigenvalue weighted by Crippen LogP contribution is 2.33. The van der Waals surface area contributed by atoms with Gasteiger partial charge in [0.2, 0.25) is 5.91 Å². The molecule has 2 fully saturated rings. The number of urea groups is 1. The number of hydrogen-bond acceptors (Lipinski definition) is 3. The smallest absolute Gasteiger partial charge is 0.326 e. The molecule has 1 aliphatic carbocycles. The number of likely N-dealkylation sites (tertiary alicyclic amines) is 1. The van der Waals surface area contributed by atoms with Gasteiger partial charge in [-0.2, -0.15) is 0 Å². The lowest BCUT2D eigenvalue weighted by atomic mass is 9.89. The lowest BCUT2D eigenvalue weighted by Crippen LogP contribution is -2.50. The molecule has 6 nitrogen and oxygen atoms in total. The van der Waals surface area contributed by atoms with Crippen molar-refractivity contribution in [2.24, 2.45) is 0 Å². The minimum Gasteiger partial charge on any atom is -0.341 e. The number of nitrogens with zero attached hydrogens (tertiary/aromatic N) is 2. The molecule has 0 bridgehead atoms. The van der Waals surface area contributed by atoms with Crippen LogP contribution in [0, 0.1) is 0 Å². The summed E-state index contributed by atoms with van der Waals surface area (Å²) in [5, 5.41) is 2.83. The molecule has 3 aliphatic rings. The Morgan fingerprint density at radius 3 is 2.54 bits per heavy atom. The van der Waals surface area contributed by atoms with Gasteiger partial charge in [-0.05, 0) is 62.6 Å². The fraction of sp³-hybridized carbons (Fsp3) is 0.550. The summed E-state index contributed by atoms with van der Waals surface area (Å²) in [6, 6.07) is 4.76. The van der Waals surface area contributed by atoms with E-state index in [4.69, 9.17) is 0 Å². The van der Waals surface area contributed by atoms with E-state index in [1.54, 1.807) is 18.7 Å². The first kappa shape index (κ1) is 17.1. The summed E-state index contributed by atoms with van der Waals surface area (Å²) in [5.41, 5.74) is 2.25. The first-order chi connectivity index (χ1) is 12.4. The molecule has 0 spiro atoms. The fourth-order valence-corrected chi connectivity index (χ4v) is 4.40. The average molecular weight is 355 g/mol. The summed E-state index contributed by atoms with van der Waals surface area (Å²) in [7, 11) is 0. The third kappa shape index (κ3) is 2.50. The van der Waals surface area contributed by atoms with Crippen molar-refractivity contribution in [3.63, 3.8) is 0 Å². The largest absolute Gasteiger partial charge is 0.341 e. The normalized spacial score (nSPS) is 26.2. The highest BCUT2D eigenvalue weighted by Gasteiger charge is 2.52. The molecular weight excluding hydrogens is 330 g/mol. The van der Waals surface area contributed by atoms with Gasteiger partial charge in [-0.1, -0.05) is 18.2 Å². The van der Waals surface area contributed by atoms with Crippen LogP contribution in [0.15, 0.2) is 18.2 Å². The second-order valence-electron chi connectivity index (χ2n) is 7.78. The Kier molecular flexibility index (Phi) is 4.01. The molecular formula is C20H25N3O3. The zero-order valence-electron chi connectivity index (χ0n) is 15.4. The van der Waals surface area contributed by atoms with Crippen molar-refractivity contribution in [3.8, 4) is 0 Å². The van der Waals surface area contributed by atoms with Crippen molar-refractivity contribution in [2.75, 3.05) is 13.1 Å². The summed E-state index contributed by atoms with van der Waals surface area (Å²) in [5.74, 6) is -0.496. The average Bonchev–Trinajstić information content (AvgIpc) is 3.34. The quantitative estimate of drug-likeness (QED) is 0.843. The maximum Gasteiger partial charge on any atom is 0.326 e. The van der Waals surface area contributed by atoms with E-state index >= 15 is 0 Å². The lowest BCUT2D eigenvalue weighted by molar-refractivity contribution is -0.142. The monoisotopic (exact) mass is 355 g/mol. The van der Waals surface area contributed by atoms with Crippen molar-refractivity contribution < 1.29 is 14.4 Å². The van der Waals surface area contributed by atoms with Gasteiger partial charge in [0.15, 0.2) is 0 Å². The van der Waals surface area contributed by atoms with E-state index < -0.39 is 17.6 Å². The van der Waals surface area contributed by atoms with Crippen LogP contribution in [0.4, 0.5) is 4.79 Å². The van der Waals surface area contributed by atoms with Crippen molar-refractivity contribution in [1.82, 2.24) is 15.1 Å². The van der Waals surface area contributed by atoms with Crippen LogP contribution >= 0.6 is 0 Å². The first-order valence-corrected chi connectivity index (χ1v) is 9.49. The van der Waals surface area contributed by atoms with Crippen LogP contribution < -0.4 is 5.32 Å². The Labute approximate surface area is 153 Å². The molecule has 0 unspecified atom stereocenters. The van der Waals surface area contributed by atoms with Crippen LogP contribution in [0.3, 0.4) is 0 Å². The Morgan fingerprint density at radius 1 is 1.12 bits per heavy atom. The van der Waals surface area contributed by atoms with Gasteiger partial charge in [-0.25, -0.2) is 9.69 Å². The van der Waals surface area contributed by atoms with Gasteiger partial charge in [-0.15, -0.1) is 0 Å². The van der Waals surface area contributed by atoms with Crippen molar-refractivity contribution in [2.45, 2.75) is 57.5 Å². The van der Waals surface area contributed by atoms with Gasteiger partial charge in [0.25, 0.3) is 5.91 Å². The number of aryl methyl sites for hydroxylation is 2. The first-order valence-electron chi connectivity index (χ1n) is 9.49. The van der Waals surface area contributed by atoms with Crippen LogP contribution in [-0.2, 0) is 28.0 Å². The van der Waals surface area contributed by atoms with Crippen LogP contribution in [-0.4, -0.2) is 46.8 Å². The number of rotatable bonds is 3. The summed E-state index contributed by atoms with van der Waals surface area (Å²) in [6.07, 6.45) is 5.16. The molecule has 26 heavy (non-hydrogen) atoms. The van der Waals surface area contributed by atoms with E-state index in [9.17, 15) is 14.4 Å². The predicted molar refractivity (Wildman–Crippen MR) is 96.5 cm³/mol. The Balaban J connectivity index is 1.61. The number of benzene rings is 1. The Hall–Kier alpha value is -2.37. The molecule has 6 heteroatoms. The second-order valence-corrected chi connectivity index (χ2v) is 7.78. The summed E-state index contributed by atoms with van der Waals surface area (Å²) < 4.78 is 0. The SMILES string of the molecule is C[C@@H](C(=O)N1CCCC1)N1C(=O)N[C@](C)(c2ccc3c(c2)CCC3)C1=O. The zero-order chi connectivity index (χ0) is 18.5. The van der Waals surface area contributed by atoms with Crippen LogP contribution in [0.25, 0.3) is 0 Å². The molecule has 4 rings (SSSR count). The Bertz CT molecular complexity index is 785. The Morgan fingerprint density at radius 2 is 1.81 bits per heavy atom. The molecule has 138 valence electrons. The molecule has 0 aromatic heterocycles. The van der Waals surface area contributed by atoms with E-state index in [-0.39, 0.29) is 11.8 Å². The third-order valence-corrected chi connectivity index (χ3v) is 6.06. The van der Waals surface area contributed by atoms with Gasteiger partial charge in [0.1, 0.15) is 11.6 Å². The van der Waals surface area contributed by atoms with Crippen LogP contribution in [0.1, 0.15) is 49.8 Å². The zero-order valence-corrected chi connectivity index (χ0v) is 15.4. The van der Waals surface area contributed by atoms with E-state index in [1.165, 1.54) is 11.1 Å². The third-order valence-electron chi connectivity index (χ3n) is 6.06. The number of fused-ring (bicyclic) bond motifs is 1. The molecule has 2 atom stereocenters. The number of imide groups is 1. The summed E-state index contributed by atoms with van der Waals surface area (Å²) >= 11 is 0. The van der Waals surface area contributed by atoms with E-state index in [1.807, 2.05) is 12.1 Å². The molecule has 2 aliphatic heterocycles. The lowest BCUT2D eigenvalue weighted by Gasteiger charge is -2.27. The molecule has 1 N–H and O–H groups in total. The summed E-state index contributed by atoms with van der Waals surface area (Å²) in [4.78, 5) is 41.3. The molecule has 2 heterocycles. The number of nitrogens with one attached hydrogen (secondary N) is 1. The van der Waals surface area contributed by atoms with Crippen molar-refractivity contribution in [1.29, 1.82) is 0 Å². The predicted octanol–water partition coefficient (Wildman–Crippen LogP) is 1.95. The molecule has 1 aromatic carbocycles. The topological polar surface area (TPSA) is 69.7 Å². The maximum absolute atomic E-state index is 13.2. The van der Waals surface area contributed by atoms with E-state index in [0.717, 1.165) is 42.6 Å². The number of amides is 4. The van der Waals surface area contributed by atoms with Gasteiger partial charge in [0, 0.05) is 13.1 Å². The molecule has 1 aromatic rings. The van der Waals surface area contributed by atoms with Crippen molar-refractivity contribution in [3.05, 3.63) is 34.9 Å². The summed E-state index contributed by atoms with van der Waals surface area (Å²) in [6.45, 7) is 4.79.